The molecule has 4 rings (SSSR count). The lowest BCUT2D eigenvalue weighted by Crippen LogP contribution is -2.51. The van der Waals surface area contributed by atoms with Gasteiger partial charge in [0.05, 0.1) is 0 Å². The van der Waals surface area contributed by atoms with E-state index in [0.29, 0.717) is 11.6 Å². The van der Waals surface area contributed by atoms with Crippen LogP contribution in [0.3, 0.4) is 0 Å². The SMILES string of the molecule is FC(F)c1ccccc1-c1ccc(CN2CCNC(Cc3ccccc3)C2)cc1. The maximum Gasteiger partial charge on any atom is 0.264 e. The molecule has 4 heteroatoms. The van der Waals surface area contributed by atoms with Crippen molar-refractivity contribution in [1.82, 2.24) is 10.2 Å². The number of nitrogens with zero attached hydrogens (tertiary/aromatic N) is 1. The minimum Gasteiger partial charge on any atom is -0.311 e. The molecule has 29 heavy (non-hydrogen) atoms. The number of piperazine rings is 1. The highest BCUT2D eigenvalue weighted by Gasteiger charge is 2.20. The van der Waals surface area contributed by atoms with Gasteiger partial charge in [0, 0.05) is 37.8 Å². The Bertz CT molecular complexity index is 910. The topological polar surface area (TPSA) is 15.3 Å². The fourth-order valence-electron chi connectivity index (χ4n) is 4.07. The summed E-state index contributed by atoms with van der Waals surface area (Å²) < 4.78 is 26.6. The summed E-state index contributed by atoms with van der Waals surface area (Å²) in [5, 5.41) is 3.62. The molecule has 0 radical (unpaired) electrons. The van der Waals surface area contributed by atoms with Gasteiger partial charge in [-0.25, -0.2) is 8.78 Å². The first-order valence-electron chi connectivity index (χ1n) is 10.1. The van der Waals surface area contributed by atoms with Crippen molar-refractivity contribution >= 4 is 0 Å². The first kappa shape index (κ1) is 19.7. The molecule has 1 unspecified atom stereocenters. The van der Waals surface area contributed by atoms with E-state index in [9.17, 15) is 8.78 Å². The molecule has 0 aromatic heterocycles. The zero-order valence-electron chi connectivity index (χ0n) is 16.4. The number of hydrogen-bond acceptors (Lipinski definition) is 2. The predicted molar refractivity (Wildman–Crippen MR) is 114 cm³/mol. The molecule has 2 nitrogen and oxygen atoms in total. The molecule has 0 amide bonds. The van der Waals surface area contributed by atoms with Crippen LogP contribution in [0, 0.1) is 0 Å². The highest BCUT2D eigenvalue weighted by molar-refractivity contribution is 5.67. The van der Waals surface area contributed by atoms with Crippen LogP contribution < -0.4 is 5.32 Å². The quantitative estimate of drug-likeness (QED) is 0.612. The normalized spacial score (nSPS) is 17.6. The van der Waals surface area contributed by atoms with Gasteiger partial charge >= 0.3 is 0 Å². The molecule has 1 N–H and O–H groups in total. The van der Waals surface area contributed by atoms with Gasteiger partial charge in [-0.2, -0.15) is 0 Å². The zero-order chi connectivity index (χ0) is 20.1. The van der Waals surface area contributed by atoms with Crippen molar-refractivity contribution in [3.63, 3.8) is 0 Å². The molecule has 1 fully saturated rings. The van der Waals surface area contributed by atoms with E-state index in [1.54, 1.807) is 12.1 Å². The van der Waals surface area contributed by atoms with E-state index in [2.05, 4.69) is 46.6 Å². The van der Waals surface area contributed by atoms with Crippen molar-refractivity contribution in [2.75, 3.05) is 19.6 Å². The third-order valence-corrected chi connectivity index (χ3v) is 5.53. The molecule has 1 heterocycles. The van der Waals surface area contributed by atoms with Gasteiger partial charge in [0.25, 0.3) is 6.43 Å². The van der Waals surface area contributed by atoms with Crippen molar-refractivity contribution in [2.45, 2.75) is 25.4 Å². The minimum atomic E-state index is -2.46. The summed E-state index contributed by atoms with van der Waals surface area (Å²) in [6.07, 6.45) is -1.44. The standard InChI is InChI=1S/C25H26F2N2/c26-25(27)24-9-5-4-8-23(24)21-12-10-20(11-13-21)17-29-15-14-28-22(18-29)16-19-6-2-1-3-7-19/h1-13,22,25,28H,14-18H2. The molecule has 3 aromatic carbocycles. The van der Waals surface area contributed by atoms with Crippen molar-refractivity contribution in [3.05, 3.63) is 95.6 Å². The van der Waals surface area contributed by atoms with E-state index >= 15 is 0 Å². The minimum absolute atomic E-state index is 0.0890. The Morgan fingerprint density at radius 2 is 1.59 bits per heavy atom. The number of alkyl halides is 2. The summed E-state index contributed by atoms with van der Waals surface area (Å²) in [5.41, 5.74) is 4.11. The van der Waals surface area contributed by atoms with Gasteiger partial charge < -0.3 is 5.32 Å². The van der Waals surface area contributed by atoms with E-state index in [1.807, 2.05) is 24.3 Å². The van der Waals surface area contributed by atoms with E-state index in [1.165, 1.54) is 17.2 Å². The number of hydrogen-bond donors (Lipinski definition) is 1. The van der Waals surface area contributed by atoms with Crippen molar-refractivity contribution in [1.29, 1.82) is 0 Å². The summed E-state index contributed by atoms with van der Waals surface area (Å²) in [5.74, 6) is 0. The highest BCUT2D eigenvalue weighted by Crippen LogP contribution is 2.31. The number of halogens is 2. The molecular weight excluding hydrogens is 366 g/mol. The van der Waals surface area contributed by atoms with Crippen LogP contribution in [0.25, 0.3) is 11.1 Å². The third kappa shape index (κ3) is 5.08. The summed E-state index contributed by atoms with van der Waals surface area (Å²) in [6, 6.07) is 25.8. The van der Waals surface area contributed by atoms with E-state index < -0.39 is 6.43 Å². The molecule has 0 bridgehead atoms. The van der Waals surface area contributed by atoms with Crippen LogP contribution in [0.4, 0.5) is 8.78 Å². The first-order chi connectivity index (χ1) is 14.2. The molecule has 3 aromatic rings. The molecule has 1 atom stereocenters. The maximum atomic E-state index is 13.3. The Hall–Kier alpha value is -2.56. The lowest BCUT2D eigenvalue weighted by Gasteiger charge is -2.34. The van der Waals surface area contributed by atoms with E-state index in [0.717, 1.165) is 38.2 Å². The Labute approximate surface area is 171 Å². The molecule has 0 aliphatic carbocycles. The van der Waals surface area contributed by atoms with Gasteiger partial charge in [-0.15, -0.1) is 0 Å². The van der Waals surface area contributed by atoms with Crippen LogP contribution >= 0.6 is 0 Å². The average molecular weight is 392 g/mol. The van der Waals surface area contributed by atoms with Crippen molar-refractivity contribution in [2.24, 2.45) is 0 Å². The van der Waals surface area contributed by atoms with Gasteiger partial charge in [-0.1, -0.05) is 78.9 Å². The number of rotatable bonds is 6. The maximum absolute atomic E-state index is 13.3. The van der Waals surface area contributed by atoms with Crippen LogP contribution in [-0.4, -0.2) is 30.6 Å². The smallest absolute Gasteiger partial charge is 0.264 e. The van der Waals surface area contributed by atoms with Gasteiger partial charge in [-0.05, 0) is 28.7 Å². The molecule has 1 aliphatic rings. The van der Waals surface area contributed by atoms with Crippen molar-refractivity contribution in [3.8, 4) is 11.1 Å². The Kier molecular flexibility index (Phi) is 6.33. The van der Waals surface area contributed by atoms with Crippen LogP contribution in [-0.2, 0) is 13.0 Å². The van der Waals surface area contributed by atoms with Gasteiger partial charge in [0.2, 0.25) is 0 Å². The molecule has 150 valence electrons. The highest BCUT2D eigenvalue weighted by atomic mass is 19.3. The van der Waals surface area contributed by atoms with Crippen LogP contribution in [0.2, 0.25) is 0 Å². The van der Waals surface area contributed by atoms with Gasteiger partial charge in [0.1, 0.15) is 0 Å². The van der Waals surface area contributed by atoms with Gasteiger partial charge in [-0.3, -0.25) is 4.90 Å². The van der Waals surface area contributed by atoms with E-state index in [-0.39, 0.29) is 5.56 Å². The fourth-order valence-corrected chi connectivity index (χ4v) is 4.07. The molecule has 0 saturated carbocycles. The van der Waals surface area contributed by atoms with Crippen LogP contribution in [0.1, 0.15) is 23.1 Å². The van der Waals surface area contributed by atoms with Crippen LogP contribution in [0.15, 0.2) is 78.9 Å². The fraction of sp³-hybridized carbons (Fsp3) is 0.280. The summed E-state index contributed by atoms with van der Waals surface area (Å²) in [4.78, 5) is 2.46. The monoisotopic (exact) mass is 392 g/mol. The Balaban J connectivity index is 1.40. The second kappa shape index (κ2) is 9.29. The lowest BCUT2D eigenvalue weighted by molar-refractivity contribution is 0.152. The second-order valence-corrected chi connectivity index (χ2v) is 7.66. The molecule has 0 spiro atoms. The summed E-state index contributed by atoms with van der Waals surface area (Å²) in [7, 11) is 0. The summed E-state index contributed by atoms with van der Waals surface area (Å²) >= 11 is 0. The summed E-state index contributed by atoms with van der Waals surface area (Å²) in [6.45, 7) is 3.88. The molecule has 1 aliphatic heterocycles. The predicted octanol–water partition coefficient (Wildman–Crippen LogP) is 5.31. The Morgan fingerprint density at radius 3 is 2.34 bits per heavy atom. The first-order valence-corrected chi connectivity index (χ1v) is 10.1. The average Bonchev–Trinajstić information content (AvgIpc) is 2.75. The molecule has 1 saturated heterocycles. The lowest BCUT2D eigenvalue weighted by atomic mass is 9.98. The largest absolute Gasteiger partial charge is 0.311 e. The van der Waals surface area contributed by atoms with Crippen LogP contribution in [0.5, 0.6) is 0 Å². The zero-order valence-corrected chi connectivity index (χ0v) is 16.4. The molecular formula is C25H26F2N2. The number of benzene rings is 3. The Morgan fingerprint density at radius 1 is 0.862 bits per heavy atom. The number of nitrogens with one attached hydrogen (secondary N) is 1. The third-order valence-electron chi connectivity index (χ3n) is 5.53. The van der Waals surface area contributed by atoms with Gasteiger partial charge in [0.15, 0.2) is 0 Å². The second-order valence-electron chi connectivity index (χ2n) is 7.66. The van der Waals surface area contributed by atoms with Crippen molar-refractivity contribution < 1.29 is 8.78 Å². The van der Waals surface area contributed by atoms with E-state index in [4.69, 9.17) is 0 Å².